The Labute approximate surface area is 126 Å². The summed E-state index contributed by atoms with van der Waals surface area (Å²) in [6.07, 6.45) is 5.84. The molecule has 0 radical (unpaired) electrons. The molecule has 5 nitrogen and oxygen atoms in total. The van der Waals surface area contributed by atoms with Gasteiger partial charge in [-0.1, -0.05) is 13.8 Å². The Bertz CT molecular complexity index is 590. The van der Waals surface area contributed by atoms with Gasteiger partial charge in [0.1, 0.15) is 5.82 Å². The SMILES string of the molecule is CC(C)CNCc1cc(N2CCn3ccnc3C2)ccn1. The first kappa shape index (κ1) is 14.1. The minimum atomic E-state index is 0.661. The highest BCUT2D eigenvalue weighted by atomic mass is 15.2. The molecule has 3 rings (SSSR count). The lowest BCUT2D eigenvalue weighted by Crippen LogP contribution is -2.33. The van der Waals surface area contributed by atoms with Crippen LogP contribution in [0, 0.1) is 5.92 Å². The summed E-state index contributed by atoms with van der Waals surface area (Å²) in [6.45, 7) is 9.17. The number of hydrogen-bond acceptors (Lipinski definition) is 4. The lowest BCUT2D eigenvalue weighted by molar-refractivity contribution is 0.546. The number of nitrogens with one attached hydrogen (secondary N) is 1. The van der Waals surface area contributed by atoms with Crippen molar-refractivity contribution < 1.29 is 0 Å². The summed E-state index contributed by atoms with van der Waals surface area (Å²) < 4.78 is 2.22. The third-order valence-corrected chi connectivity index (χ3v) is 3.77. The van der Waals surface area contributed by atoms with Crippen molar-refractivity contribution in [1.29, 1.82) is 0 Å². The predicted molar refractivity (Wildman–Crippen MR) is 84.1 cm³/mol. The molecule has 0 unspecified atom stereocenters. The molecule has 112 valence electrons. The zero-order valence-corrected chi connectivity index (χ0v) is 12.8. The lowest BCUT2D eigenvalue weighted by atomic mass is 10.2. The topological polar surface area (TPSA) is 46.0 Å². The number of aromatic nitrogens is 3. The summed E-state index contributed by atoms with van der Waals surface area (Å²) in [7, 11) is 0. The molecular weight excluding hydrogens is 262 g/mol. The third kappa shape index (κ3) is 3.42. The van der Waals surface area contributed by atoms with E-state index >= 15 is 0 Å². The maximum atomic E-state index is 4.46. The van der Waals surface area contributed by atoms with Crippen LogP contribution in [0.4, 0.5) is 5.69 Å². The molecule has 0 bridgehead atoms. The minimum Gasteiger partial charge on any atom is -0.362 e. The fourth-order valence-electron chi connectivity index (χ4n) is 2.64. The normalized spacial score (nSPS) is 14.5. The number of anilines is 1. The van der Waals surface area contributed by atoms with Crippen molar-refractivity contribution in [3.05, 3.63) is 42.2 Å². The number of pyridine rings is 1. The van der Waals surface area contributed by atoms with Gasteiger partial charge in [-0.15, -0.1) is 0 Å². The van der Waals surface area contributed by atoms with Crippen LogP contribution in [0.25, 0.3) is 0 Å². The van der Waals surface area contributed by atoms with Crippen LogP contribution in [-0.2, 0) is 19.6 Å². The number of rotatable bonds is 5. The zero-order valence-electron chi connectivity index (χ0n) is 12.8. The van der Waals surface area contributed by atoms with Crippen LogP contribution in [0.1, 0.15) is 25.4 Å². The number of fused-ring (bicyclic) bond motifs is 1. The third-order valence-electron chi connectivity index (χ3n) is 3.77. The second kappa shape index (κ2) is 6.26. The molecule has 0 amide bonds. The van der Waals surface area contributed by atoms with E-state index < -0.39 is 0 Å². The van der Waals surface area contributed by atoms with E-state index in [1.807, 2.05) is 12.4 Å². The Kier molecular flexibility index (Phi) is 4.20. The van der Waals surface area contributed by atoms with Gasteiger partial charge in [-0.3, -0.25) is 4.98 Å². The number of imidazole rings is 1. The molecule has 21 heavy (non-hydrogen) atoms. The first-order valence-electron chi connectivity index (χ1n) is 7.63. The van der Waals surface area contributed by atoms with Crippen molar-refractivity contribution in [2.75, 3.05) is 18.0 Å². The summed E-state index contributed by atoms with van der Waals surface area (Å²) in [5.41, 5.74) is 2.34. The van der Waals surface area contributed by atoms with Crippen molar-refractivity contribution >= 4 is 5.69 Å². The first-order valence-corrected chi connectivity index (χ1v) is 7.63. The van der Waals surface area contributed by atoms with Crippen LogP contribution in [0.3, 0.4) is 0 Å². The van der Waals surface area contributed by atoms with Crippen LogP contribution in [0.2, 0.25) is 0 Å². The summed E-state index contributed by atoms with van der Waals surface area (Å²) >= 11 is 0. The molecule has 3 heterocycles. The molecule has 0 spiro atoms. The maximum Gasteiger partial charge on any atom is 0.128 e. The molecule has 1 N–H and O–H groups in total. The van der Waals surface area contributed by atoms with E-state index in [0.717, 1.165) is 44.2 Å². The standard InChI is InChI=1S/C16H23N5/c1-13(2)10-17-11-14-9-15(3-4-18-14)21-8-7-20-6-5-19-16(20)12-21/h3-6,9,13,17H,7-8,10-12H2,1-2H3. The fraction of sp³-hybridized carbons (Fsp3) is 0.500. The van der Waals surface area contributed by atoms with E-state index in [2.05, 4.69) is 56.9 Å². The monoisotopic (exact) mass is 285 g/mol. The highest BCUT2D eigenvalue weighted by Crippen LogP contribution is 2.20. The fourth-order valence-corrected chi connectivity index (χ4v) is 2.64. The number of nitrogens with zero attached hydrogens (tertiary/aromatic N) is 4. The van der Waals surface area contributed by atoms with Crippen LogP contribution in [0.15, 0.2) is 30.7 Å². The van der Waals surface area contributed by atoms with Crippen molar-refractivity contribution in [1.82, 2.24) is 19.9 Å². The molecule has 5 heteroatoms. The largest absolute Gasteiger partial charge is 0.362 e. The van der Waals surface area contributed by atoms with Gasteiger partial charge >= 0.3 is 0 Å². The maximum absolute atomic E-state index is 4.46. The molecule has 0 atom stereocenters. The highest BCUT2D eigenvalue weighted by molar-refractivity contribution is 5.47. The molecule has 0 aromatic carbocycles. The molecule has 0 aliphatic carbocycles. The van der Waals surface area contributed by atoms with Crippen LogP contribution in [0.5, 0.6) is 0 Å². The van der Waals surface area contributed by atoms with Crippen molar-refractivity contribution in [3.8, 4) is 0 Å². The molecule has 1 aliphatic rings. The van der Waals surface area contributed by atoms with E-state index in [9.17, 15) is 0 Å². The molecule has 0 saturated heterocycles. The molecular formula is C16H23N5. The van der Waals surface area contributed by atoms with Gasteiger partial charge in [0.2, 0.25) is 0 Å². The van der Waals surface area contributed by atoms with Gasteiger partial charge in [-0.25, -0.2) is 4.98 Å². The predicted octanol–water partition coefficient (Wildman–Crippen LogP) is 2.04. The summed E-state index contributed by atoms with van der Waals surface area (Å²) in [6, 6.07) is 4.27. The molecule has 0 fully saturated rings. The number of hydrogen-bond donors (Lipinski definition) is 1. The molecule has 2 aromatic heterocycles. The van der Waals surface area contributed by atoms with Crippen LogP contribution < -0.4 is 10.2 Å². The molecule has 1 aliphatic heterocycles. The van der Waals surface area contributed by atoms with E-state index in [0.29, 0.717) is 5.92 Å². The quantitative estimate of drug-likeness (QED) is 0.913. The lowest BCUT2D eigenvalue weighted by Gasteiger charge is -2.29. The summed E-state index contributed by atoms with van der Waals surface area (Å²) in [5, 5.41) is 3.45. The van der Waals surface area contributed by atoms with E-state index in [-0.39, 0.29) is 0 Å². The van der Waals surface area contributed by atoms with Crippen molar-refractivity contribution in [2.45, 2.75) is 33.5 Å². The summed E-state index contributed by atoms with van der Waals surface area (Å²) in [5.74, 6) is 1.80. The first-order chi connectivity index (χ1) is 10.2. The minimum absolute atomic E-state index is 0.661. The van der Waals surface area contributed by atoms with Crippen LogP contribution in [-0.4, -0.2) is 27.6 Å². The molecule has 2 aromatic rings. The average Bonchev–Trinajstić information content (AvgIpc) is 2.94. The van der Waals surface area contributed by atoms with E-state index in [1.165, 1.54) is 5.69 Å². The van der Waals surface area contributed by atoms with E-state index in [1.54, 1.807) is 0 Å². The zero-order chi connectivity index (χ0) is 14.7. The van der Waals surface area contributed by atoms with Gasteiger partial charge in [-0.2, -0.15) is 0 Å². The van der Waals surface area contributed by atoms with E-state index in [4.69, 9.17) is 0 Å². The Morgan fingerprint density at radius 2 is 2.14 bits per heavy atom. The van der Waals surface area contributed by atoms with Crippen molar-refractivity contribution in [2.24, 2.45) is 5.92 Å². The average molecular weight is 285 g/mol. The van der Waals surface area contributed by atoms with Gasteiger partial charge in [-0.05, 0) is 24.6 Å². The summed E-state index contributed by atoms with van der Waals surface area (Å²) in [4.78, 5) is 11.2. The second-order valence-corrected chi connectivity index (χ2v) is 5.99. The van der Waals surface area contributed by atoms with Gasteiger partial charge in [0.15, 0.2) is 0 Å². The second-order valence-electron chi connectivity index (χ2n) is 5.99. The smallest absolute Gasteiger partial charge is 0.128 e. The Morgan fingerprint density at radius 3 is 3.00 bits per heavy atom. The van der Waals surface area contributed by atoms with Gasteiger partial charge in [0.05, 0.1) is 12.2 Å². The Morgan fingerprint density at radius 1 is 1.24 bits per heavy atom. The van der Waals surface area contributed by atoms with Gasteiger partial charge in [0, 0.05) is 43.9 Å². The Balaban J connectivity index is 1.66. The van der Waals surface area contributed by atoms with Gasteiger partial charge < -0.3 is 14.8 Å². The van der Waals surface area contributed by atoms with Crippen molar-refractivity contribution in [3.63, 3.8) is 0 Å². The Hall–Kier alpha value is -1.88. The molecule has 0 saturated carbocycles. The van der Waals surface area contributed by atoms with Crippen LogP contribution >= 0.6 is 0 Å². The van der Waals surface area contributed by atoms with Gasteiger partial charge in [0.25, 0.3) is 0 Å². The highest BCUT2D eigenvalue weighted by Gasteiger charge is 2.17.